The van der Waals surface area contributed by atoms with E-state index in [4.69, 9.17) is 0 Å². The zero-order valence-corrected chi connectivity index (χ0v) is 13.6. The molecule has 1 rings (SSSR count). The lowest BCUT2D eigenvalue weighted by atomic mass is 9.84. The van der Waals surface area contributed by atoms with Crippen molar-refractivity contribution in [3.63, 3.8) is 0 Å². The van der Waals surface area contributed by atoms with Crippen molar-refractivity contribution in [3.8, 4) is 0 Å². The van der Waals surface area contributed by atoms with Crippen molar-refractivity contribution in [2.24, 2.45) is 5.92 Å². The van der Waals surface area contributed by atoms with Gasteiger partial charge in [0.15, 0.2) is 0 Å². The van der Waals surface area contributed by atoms with E-state index in [1.807, 2.05) is 0 Å². The molecule has 0 aromatic carbocycles. The van der Waals surface area contributed by atoms with Crippen LogP contribution in [0, 0.1) is 5.92 Å². The molecule has 1 saturated carbocycles. The van der Waals surface area contributed by atoms with Crippen molar-refractivity contribution in [1.29, 1.82) is 0 Å². The Hall–Kier alpha value is 0.110. The monoisotopic (exact) mass is 273 g/mol. The summed E-state index contributed by atoms with van der Waals surface area (Å²) < 4.78 is 12.6. The Morgan fingerprint density at radius 1 is 1.22 bits per heavy atom. The van der Waals surface area contributed by atoms with E-state index in [0.29, 0.717) is 11.3 Å². The summed E-state index contributed by atoms with van der Waals surface area (Å²) in [6, 6.07) is 0.466. The van der Waals surface area contributed by atoms with E-state index in [1.165, 1.54) is 19.3 Å². The van der Waals surface area contributed by atoms with Crippen LogP contribution in [0.5, 0.6) is 0 Å². The van der Waals surface area contributed by atoms with Gasteiger partial charge in [0.25, 0.3) is 0 Å². The molecule has 1 aliphatic rings. The second-order valence-electron chi connectivity index (χ2n) is 6.60. The van der Waals surface area contributed by atoms with Crippen LogP contribution in [0.3, 0.4) is 0 Å². The Morgan fingerprint density at radius 2 is 1.89 bits per heavy atom. The molecule has 4 unspecified atom stereocenters. The van der Waals surface area contributed by atoms with Crippen LogP contribution < -0.4 is 5.32 Å². The highest BCUT2D eigenvalue weighted by molar-refractivity contribution is 7.87. The van der Waals surface area contributed by atoms with Crippen molar-refractivity contribution < 1.29 is 4.21 Å². The minimum atomic E-state index is -0.742. The first kappa shape index (κ1) is 16.2. The molecular weight excluding hydrogens is 242 g/mol. The summed E-state index contributed by atoms with van der Waals surface area (Å²) in [5, 5.41) is 3.97. The molecule has 0 bridgehead atoms. The Balaban J connectivity index is 2.73. The second kappa shape index (κ2) is 7.04. The average Bonchev–Trinajstić information content (AvgIpc) is 2.34. The van der Waals surface area contributed by atoms with Crippen LogP contribution in [-0.4, -0.2) is 26.8 Å². The van der Waals surface area contributed by atoms with Gasteiger partial charge in [-0.05, 0) is 58.9 Å². The van der Waals surface area contributed by atoms with Crippen molar-refractivity contribution >= 4 is 10.8 Å². The molecule has 18 heavy (non-hydrogen) atoms. The lowest BCUT2D eigenvalue weighted by Crippen LogP contribution is -2.49. The highest BCUT2D eigenvalue weighted by Crippen LogP contribution is 2.33. The Bertz CT molecular complexity index is 272. The normalized spacial score (nSPS) is 31.3. The van der Waals surface area contributed by atoms with Crippen LogP contribution >= 0.6 is 0 Å². The Kier molecular flexibility index (Phi) is 6.32. The average molecular weight is 273 g/mol. The predicted molar refractivity (Wildman–Crippen MR) is 81.4 cm³/mol. The molecule has 0 aliphatic heterocycles. The SMILES string of the molecule is CCCNC1CCC(CC)CC1S(=O)C(C)(C)C. The van der Waals surface area contributed by atoms with Crippen LogP contribution in [-0.2, 0) is 10.8 Å². The molecule has 0 saturated heterocycles. The van der Waals surface area contributed by atoms with Gasteiger partial charge in [-0.1, -0.05) is 20.3 Å². The van der Waals surface area contributed by atoms with E-state index in [9.17, 15) is 4.21 Å². The standard InChI is InChI=1S/C15H31NOS/c1-6-10-16-13-9-8-12(7-2)11-14(13)18(17)15(3,4)5/h12-14,16H,6-11H2,1-5H3. The molecule has 3 heteroatoms. The number of nitrogens with one attached hydrogen (secondary N) is 1. The van der Waals surface area contributed by atoms with Crippen molar-refractivity contribution in [2.75, 3.05) is 6.54 Å². The van der Waals surface area contributed by atoms with Crippen molar-refractivity contribution in [3.05, 3.63) is 0 Å². The van der Waals surface area contributed by atoms with Crippen LogP contribution in [0.25, 0.3) is 0 Å². The molecule has 0 aromatic heterocycles. The lowest BCUT2D eigenvalue weighted by Gasteiger charge is -2.39. The van der Waals surface area contributed by atoms with Gasteiger partial charge in [-0.3, -0.25) is 4.21 Å². The van der Waals surface area contributed by atoms with Gasteiger partial charge in [-0.15, -0.1) is 0 Å². The molecule has 0 amide bonds. The van der Waals surface area contributed by atoms with Crippen molar-refractivity contribution in [2.45, 2.75) is 82.8 Å². The summed E-state index contributed by atoms with van der Waals surface area (Å²) in [7, 11) is -0.742. The smallest absolute Gasteiger partial charge is 0.0509 e. The maximum atomic E-state index is 12.7. The first-order valence-corrected chi connectivity index (χ1v) is 8.75. The zero-order valence-electron chi connectivity index (χ0n) is 12.8. The highest BCUT2D eigenvalue weighted by Gasteiger charge is 2.37. The summed E-state index contributed by atoms with van der Waals surface area (Å²) >= 11 is 0. The highest BCUT2D eigenvalue weighted by atomic mass is 32.2. The van der Waals surface area contributed by atoms with Crippen LogP contribution in [0.15, 0.2) is 0 Å². The summed E-state index contributed by atoms with van der Waals surface area (Å²) in [4.78, 5) is 0. The third-order valence-electron chi connectivity index (χ3n) is 4.01. The maximum Gasteiger partial charge on any atom is 0.0509 e. The second-order valence-corrected chi connectivity index (χ2v) is 9.02. The van der Waals surface area contributed by atoms with Crippen LogP contribution in [0.2, 0.25) is 0 Å². The third kappa shape index (κ3) is 4.34. The molecular formula is C15H31NOS. The van der Waals surface area contributed by atoms with Gasteiger partial charge >= 0.3 is 0 Å². The largest absolute Gasteiger partial charge is 0.313 e. The van der Waals surface area contributed by atoms with E-state index < -0.39 is 10.8 Å². The molecule has 2 nitrogen and oxygen atoms in total. The van der Waals surface area contributed by atoms with Gasteiger partial charge < -0.3 is 5.32 Å². The van der Waals surface area contributed by atoms with E-state index in [2.05, 4.69) is 39.9 Å². The summed E-state index contributed by atoms with van der Waals surface area (Å²) in [6.07, 6.45) is 6.03. The van der Waals surface area contributed by atoms with Gasteiger partial charge in [-0.2, -0.15) is 0 Å². The quantitative estimate of drug-likeness (QED) is 0.831. The first-order chi connectivity index (χ1) is 8.40. The fourth-order valence-corrected chi connectivity index (χ4v) is 4.72. The van der Waals surface area contributed by atoms with Crippen LogP contribution in [0.1, 0.15) is 66.7 Å². The number of hydrogen-bond donors (Lipinski definition) is 1. The summed E-state index contributed by atoms with van der Waals surface area (Å²) in [6.45, 7) is 11.8. The molecule has 0 spiro atoms. The fourth-order valence-electron chi connectivity index (χ4n) is 2.84. The van der Waals surface area contributed by atoms with E-state index in [0.717, 1.165) is 25.3 Å². The molecule has 1 N–H and O–H groups in total. The molecule has 1 aliphatic carbocycles. The topological polar surface area (TPSA) is 29.1 Å². The van der Waals surface area contributed by atoms with Crippen LogP contribution in [0.4, 0.5) is 0 Å². The summed E-state index contributed by atoms with van der Waals surface area (Å²) in [5.74, 6) is 0.779. The van der Waals surface area contributed by atoms with Gasteiger partial charge in [0.1, 0.15) is 0 Å². The van der Waals surface area contributed by atoms with E-state index in [-0.39, 0.29) is 4.75 Å². The van der Waals surface area contributed by atoms with Gasteiger partial charge in [0.2, 0.25) is 0 Å². The number of rotatable bonds is 5. The molecule has 0 radical (unpaired) electrons. The molecule has 4 atom stereocenters. The summed E-state index contributed by atoms with van der Waals surface area (Å²) in [5.41, 5.74) is 0. The van der Waals surface area contributed by atoms with Gasteiger partial charge in [-0.25, -0.2) is 0 Å². The maximum absolute atomic E-state index is 12.7. The third-order valence-corrected chi connectivity index (χ3v) is 6.29. The molecule has 0 heterocycles. The van der Waals surface area contributed by atoms with Gasteiger partial charge in [0.05, 0.1) is 5.25 Å². The zero-order chi connectivity index (χ0) is 13.8. The minimum absolute atomic E-state index is 0.0908. The first-order valence-electron chi connectivity index (χ1n) is 7.54. The Morgan fingerprint density at radius 3 is 2.39 bits per heavy atom. The number of hydrogen-bond acceptors (Lipinski definition) is 2. The molecule has 0 aromatic rings. The van der Waals surface area contributed by atoms with Crippen molar-refractivity contribution in [1.82, 2.24) is 5.32 Å². The molecule has 108 valence electrons. The minimum Gasteiger partial charge on any atom is -0.313 e. The Labute approximate surface area is 116 Å². The predicted octanol–water partition coefficient (Wildman–Crippen LogP) is 3.48. The lowest BCUT2D eigenvalue weighted by molar-refractivity contribution is 0.290. The van der Waals surface area contributed by atoms with E-state index in [1.54, 1.807) is 0 Å². The fraction of sp³-hybridized carbons (Fsp3) is 1.00. The molecule has 1 fully saturated rings. The van der Waals surface area contributed by atoms with E-state index >= 15 is 0 Å². The van der Waals surface area contributed by atoms with Gasteiger partial charge in [0, 0.05) is 21.6 Å².